The van der Waals surface area contributed by atoms with Crippen LogP contribution in [0, 0.1) is 12.7 Å². The minimum absolute atomic E-state index is 0.0222. The van der Waals surface area contributed by atoms with Crippen LogP contribution >= 0.6 is 23.4 Å². The first-order valence-electron chi connectivity index (χ1n) is 10.7. The molecule has 1 saturated heterocycles. The van der Waals surface area contributed by atoms with Crippen molar-refractivity contribution in [2.75, 3.05) is 18.1 Å². The van der Waals surface area contributed by atoms with Gasteiger partial charge in [0.15, 0.2) is 29.6 Å². The number of carbonyl (C=O) groups is 1. The lowest BCUT2D eigenvalue weighted by Gasteiger charge is -2.33. The molecule has 1 amide bonds. The molecule has 13 heteroatoms. The highest BCUT2D eigenvalue weighted by Crippen LogP contribution is 2.34. The van der Waals surface area contributed by atoms with Crippen molar-refractivity contribution in [2.24, 2.45) is 0 Å². The van der Waals surface area contributed by atoms with E-state index in [1.807, 2.05) is 18.7 Å². The third kappa shape index (κ3) is 5.92. The quantitative estimate of drug-likeness (QED) is 0.457. The molecule has 0 atom stereocenters. The molecule has 35 heavy (non-hydrogen) atoms. The standard InChI is InChI=1S/C22H23ClF3N5O3S/c1-12-15(34-20-16(8-13(23)10-27-20)33-11-22(3,25)26)9-14(24)18-28-17(30-31(12)18)19(32)29-21(2)4-6-35-7-5-21/h8-10H,4-7,11H2,1-3H3,(H,29,32). The maximum Gasteiger partial charge on any atom is 0.291 e. The summed E-state index contributed by atoms with van der Waals surface area (Å²) in [7, 11) is 0. The number of aromatic nitrogens is 4. The van der Waals surface area contributed by atoms with E-state index in [4.69, 9.17) is 21.1 Å². The summed E-state index contributed by atoms with van der Waals surface area (Å²) in [6.45, 7) is 3.31. The van der Waals surface area contributed by atoms with Gasteiger partial charge in [-0.1, -0.05) is 11.6 Å². The molecule has 4 rings (SSSR count). The molecule has 8 nitrogen and oxygen atoms in total. The topological polar surface area (TPSA) is 90.6 Å². The predicted molar refractivity (Wildman–Crippen MR) is 126 cm³/mol. The molecular weight excluding hydrogens is 507 g/mol. The second-order valence-electron chi connectivity index (χ2n) is 8.66. The number of rotatable bonds is 7. The number of nitrogens with zero attached hydrogens (tertiary/aromatic N) is 4. The van der Waals surface area contributed by atoms with Crippen LogP contribution in [-0.4, -0.2) is 55.1 Å². The van der Waals surface area contributed by atoms with E-state index in [2.05, 4.69) is 20.4 Å². The van der Waals surface area contributed by atoms with Gasteiger partial charge in [0, 0.05) is 30.8 Å². The van der Waals surface area contributed by atoms with Crippen LogP contribution in [0.2, 0.25) is 5.02 Å². The summed E-state index contributed by atoms with van der Waals surface area (Å²) in [4.78, 5) is 20.8. The second kappa shape index (κ2) is 9.73. The number of pyridine rings is 2. The summed E-state index contributed by atoms with van der Waals surface area (Å²) in [5, 5.41) is 7.27. The number of fused-ring (bicyclic) bond motifs is 1. The lowest BCUT2D eigenvalue weighted by molar-refractivity contribution is -0.0235. The largest absolute Gasteiger partial charge is 0.482 e. The van der Waals surface area contributed by atoms with Crippen LogP contribution in [0.3, 0.4) is 0 Å². The molecule has 4 heterocycles. The van der Waals surface area contributed by atoms with Crippen molar-refractivity contribution in [3.05, 3.63) is 40.7 Å². The van der Waals surface area contributed by atoms with E-state index in [0.717, 1.165) is 34.9 Å². The van der Waals surface area contributed by atoms with Gasteiger partial charge in [-0.2, -0.15) is 16.7 Å². The van der Waals surface area contributed by atoms with E-state index < -0.39 is 24.3 Å². The molecule has 1 aliphatic rings. The Kier molecular flexibility index (Phi) is 7.05. The Hall–Kier alpha value is -2.73. The molecule has 188 valence electrons. The summed E-state index contributed by atoms with van der Waals surface area (Å²) in [5.41, 5.74) is -0.236. The minimum atomic E-state index is -3.11. The third-order valence-corrected chi connectivity index (χ3v) is 6.63. The number of aryl methyl sites for hydroxylation is 1. The van der Waals surface area contributed by atoms with Crippen LogP contribution in [0.25, 0.3) is 5.65 Å². The zero-order chi connectivity index (χ0) is 25.4. The van der Waals surface area contributed by atoms with E-state index in [-0.39, 0.29) is 39.4 Å². The van der Waals surface area contributed by atoms with Gasteiger partial charge in [-0.05, 0) is 38.2 Å². The maximum absolute atomic E-state index is 14.9. The molecule has 0 spiro atoms. The Balaban J connectivity index is 1.62. The zero-order valence-electron chi connectivity index (χ0n) is 19.2. The number of alkyl halides is 2. The number of amides is 1. The predicted octanol–water partition coefficient (Wildman–Crippen LogP) is 5.07. The lowest BCUT2D eigenvalue weighted by atomic mass is 9.95. The molecule has 1 N–H and O–H groups in total. The second-order valence-corrected chi connectivity index (χ2v) is 10.3. The number of hydrogen-bond donors (Lipinski definition) is 1. The minimum Gasteiger partial charge on any atom is -0.482 e. The van der Waals surface area contributed by atoms with Crippen LogP contribution in [-0.2, 0) is 0 Å². The highest BCUT2D eigenvalue weighted by atomic mass is 35.5. The summed E-state index contributed by atoms with van der Waals surface area (Å²) in [5.74, 6) is -3.07. The Bertz CT molecular complexity index is 1260. The molecule has 0 unspecified atom stereocenters. The number of halogens is 4. The number of carbonyl (C=O) groups excluding carboxylic acids is 1. The molecule has 1 fully saturated rings. The van der Waals surface area contributed by atoms with E-state index in [1.165, 1.54) is 12.3 Å². The van der Waals surface area contributed by atoms with Crippen LogP contribution < -0.4 is 14.8 Å². The summed E-state index contributed by atoms with van der Waals surface area (Å²) >= 11 is 7.74. The molecular formula is C22H23ClF3N5O3S. The van der Waals surface area contributed by atoms with E-state index in [0.29, 0.717) is 12.6 Å². The van der Waals surface area contributed by atoms with E-state index >= 15 is 0 Å². The monoisotopic (exact) mass is 529 g/mol. The van der Waals surface area contributed by atoms with Crippen molar-refractivity contribution in [3.8, 4) is 17.4 Å². The van der Waals surface area contributed by atoms with Crippen molar-refractivity contribution in [1.82, 2.24) is 24.9 Å². The smallest absolute Gasteiger partial charge is 0.291 e. The highest BCUT2D eigenvalue weighted by molar-refractivity contribution is 7.99. The van der Waals surface area contributed by atoms with Crippen molar-refractivity contribution in [2.45, 2.75) is 45.1 Å². The fourth-order valence-corrected chi connectivity index (χ4v) is 5.00. The van der Waals surface area contributed by atoms with Crippen molar-refractivity contribution in [3.63, 3.8) is 0 Å². The van der Waals surface area contributed by atoms with Gasteiger partial charge >= 0.3 is 0 Å². The number of ether oxygens (including phenoxy) is 2. The Morgan fingerprint density at radius 3 is 2.71 bits per heavy atom. The van der Waals surface area contributed by atoms with Gasteiger partial charge in [-0.25, -0.2) is 22.7 Å². The number of nitrogens with one attached hydrogen (secondary N) is 1. The maximum atomic E-state index is 14.9. The SMILES string of the molecule is Cc1c(Oc2ncc(Cl)cc2OCC(C)(F)F)cc(F)c2nc(C(=O)NC3(C)CCSCC3)nn12. The van der Waals surface area contributed by atoms with Crippen molar-refractivity contribution in [1.29, 1.82) is 0 Å². The molecule has 3 aromatic rings. The third-order valence-electron chi connectivity index (χ3n) is 5.44. The Labute approximate surface area is 208 Å². The van der Waals surface area contributed by atoms with Gasteiger partial charge in [-0.15, -0.1) is 5.10 Å². The van der Waals surface area contributed by atoms with E-state index in [1.54, 1.807) is 6.92 Å². The molecule has 0 radical (unpaired) electrons. The molecule has 0 saturated carbocycles. The van der Waals surface area contributed by atoms with Gasteiger partial charge in [0.2, 0.25) is 5.82 Å². The Morgan fingerprint density at radius 1 is 1.31 bits per heavy atom. The molecule has 3 aromatic heterocycles. The summed E-state index contributed by atoms with van der Waals surface area (Å²) < 4.78 is 53.4. The van der Waals surface area contributed by atoms with Crippen LogP contribution in [0.5, 0.6) is 17.4 Å². The first kappa shape index (κ1) is 25.4. The van der Waals surface area contributed by atoms with Crippen molar-refractivity contribution >= 4 is 34.9 Å². The van der Waals surface area contributed by atoms with E-state index in [9.17, 15) is 18.0 Å². The lowest BCUT2D eigenvalue weighted by Crippen LogP contribution is -2.48. The summed E-state index contributed by atoms with van der Waals surface area (Å²) in [6, 6.07) is 2.32. The van der Waals surface area contributed by atoms with Crippen LogP contribution in [0.1, 0.15) is 43.0 Å². The Morgan fingerprint density at radius 2 is 2.03 bits per heavy atom. The first-order chi connectivity index (χ1) is 16.4. The first-order valence-corrected chi connectivity index (χ1v) is 12.3. The van der Waals surface area contributed by atoms with Crippen LogP contribution in [0.4, 0.5) is 13.2 Å². The van der Waals surface area contributed by atoms with Gasteiger partial charge in [0.25, 0.3) is 17.7 Å². The van der Waals surface area contributed by atoms with Gasteiger partial charge in [0.05, 0.1) is 10.7 Å². The molecule has 0 bridgehead atoms. The average molecular weight is 530 g/mol. The molecule has 1 aliphatic heterocycles. The van der Waals surface area contributed by atoms with Gasteiger partial charge in [0.1, 0.15) is 0 Å². The number of hydrogen-bond acceptors (Lipinski definition) is 7. The average Bonchev–Trinajstić information content (AvgIpc) is 3.24. The normalized spacial score (nSPS) is 15.7. The van der Waals surface area contributed by atoms with Gasteiger partial charge in [-0.3, -0.25) is 4.79 Å². The zero-order valence-corrected chi connectivity index (χ0v) is 20.8. The van der Waals surface area contributed by atoms with Crippen LogP contribution in [0.15, 0.2) is 18.3 Å². The fourth-order valence-electron chi connectivity index (χ4n) is 3.46. The van der Waals surface area contributed by atoms with Gasteiger partial charge < -0.3 is 14.8 Å². The molecule has 0 aliphatic carbocycles. The number of thioether (sulfide) groups is 1. The van der Waals surface area contributed by atoms with Crippen molar-refractivity contribution < 1.29 is 27.4 Å². The highest BCUT2D eigenvalue weighted by Gasteiger charge is 2.31. The fraction of sp³-hybridized carbons (Fsp3) is 0.455. The summed E-state index contributed by atoms with van der Waals surface area (Å²) in [6.07, 6.45) is 2.86. The molecule has 0 aromatic carbocycles.